The zero-order chi connectivity index (χ0) is 12.0. The van der Waals surface area contributed by atoms with Gasteiger partial charge in [0.15, 0.2) is 0 Å². The van der Waals surface area contributed by atoms with Gasteiger partial charge in [0.1, 0.15) is 0 Å². The van der Waals surface area contributed by atoms with E-state index in [0.29, 0.717) is 0 Å². The standard InChI is InChI=1S/C14H21NO/c1-4-5-11-14(15(16)12(2)3)13-9-7-6-8-10-13/h4-10,12,14,16H,11H2,1-3H3. The fourth-order valence-electron chi connectivity index (χ4n) is 1.70. The topological polar surface area (TPSA) is 23.5 Å². The quantitative estimate of drug-likeness (QED) is 0.601. The highest BCUT2D eigenvalue weighted by molar-refractivity contribution is 5.19. The van der Waals surface area contributed by atoms with E-state index in [0.717, 1.165) is 12.0 Å². The molecule has 0 fully saturated rings. The van der Waals surface area contributed by atoms with Crippen LogP contribution in [0.15, 0.2) is 42.5 Å². The van der Waals surface area contributed by atoms with Gasteiger partial charge in [-0.2, -0.15) is 5.06 Å². The first-order valence-corrected chi connectivity index (χ1v) is 5.80. The van der Waals surface area contributed by atoms with Crippen LogP contribution in [0, 0.1) is 0 Å². The SMILES string of the molecule is CC=CCC(c1ccccc1)N(O)C(C)C. The van der Waals surface area contributed by atoms with Gasteiger partial charge >= 0.3 is 0 Å². The van der Waals surface area contributed by atoms with Crippen molar-refractivity contribution in [3.63, 3.8) is 0 Å². The van der Waals surface area contributed by atoms with Gasteiger partial charge in [-0.05, 0) is 32.8 Å². The van der Waals surface area contributed by atoms with Crippen molar-refractivity contribution in [2.45, 2.75) is 39.3 Å². The van der Waals surface area contributed by atoms with Crippen LogP contribution in [0.1, 0.15) is 38.8 Å². The molecule has 0 aromatic heterocycles. The van der Waals surface area contributed by atoms with E-state index in [9.17, 15) is 5.21 Å². The van der Waals surface area contributed by atoms with Gasteiger partial charge in [-0.1, -0.05) is 42.5 Å². The third kappa shape index (κ3) is 3.47. The predicted molar refractivity (Wildman–Crippen MR) is 67.4 cm³/mol. The van der Waals surface area contributed by atoms with E-state index in [1.54, 1.807) is 0 Å². The smallest absolute Gasteiger partial charge is 0.0636 e. The van der Waals surface area contributed by atoms with Crippen LogP contribution in [-0.2, 0) is 0 Å². The van der Waals surface area contributed by atoms with Gasteiger partial charge in [-0.25, -0.2) is 0 Å². The fourth-order valence-corrected chi connectivity index (χ4v) is 1.70. The molecule has 1 N–H and O–H groups in total. The molecule has 0 aliphatic rings. The Morgan fingerprint density at radius 2 is 1.88 bits per heavy atom. The molecule has 88 valence electrons. The van der Waals surface area contributed by atoms with E-state index in [1.807, 2.05) is 45.0 Å². The minimum atomic E-state index is 0.0393. The Morgan fingerprint density at radius 3 is 2.38 bits per heavy atom. The Labute approximate surface area is 98.2 Å². The highest BCUT2D eigenvalue weighted by Crippen LogP contribution is 2.24. The fraction of sp³-hybridized carbons (Fsp3) is 0.429. The maximum Gasteiger partial charge on any atom is 0.0636 e. The zero-order valence-corrected chi connectivity index (χ0v) is 10.3. The molecule has 0 aliphatic carbocycles. The van der Waals surface area contributed by atoms with Crippen LogP contribution in [0.3, 0.4) is 0 Å². The lowest BCUT2D eigenvalue weighted by molar-refractivity contribution is -0.152. The van der Waals surface area contributed by atoms with Gasteiger partial charge in [-0.15, -0.1) is 0 Å². The summed E-state index contributed by atoms with van der Waals surface area (Å²) >= 11 is 0. The van der Waals surface area contributed by atoms with Crippen LogP contribution >= 0.6 is 0 Å². The Balaban J connectivity index is 2.87. The summed E-state index contributed by atoms with van der Waals surface area (Å²) < 4.78 is 0. The minimum absolute atomic E-state index is 0.0393. The molecule has 0 amide bonds. The molecule has 16 heavy (non-hydrogen) atoms. The highest BCUT2D eigenvalue weighted by atomic mass is 16.5. The maximum absolute atomic E-state index is 10.1. The summed E-state index contributed by atoms with van der Waals surface area (Å²) in [6.07, 6.45) is 4.93. The molecule has 1 atom stereocenters. The van der Waals surface area contributed by atoms with E-state index in [2.05, 4.69) is 18.2 Å². The number of allylic oxidation sites excluding steroid dienone is 1. The molecule has 1 aromatic rings. The highest BCUT2D eigenvalue weighted by Gasteiger charge is 2.19. The van der Waals surface area contributed by atoms with E-state index in [-0.39, 0.29) is 12.1 Å². The number of hydrogen-bond acceptors (Lipinski definition) is 2. The molecular formula is C14H21NO. The maximum atomic E-state index is 10.1. The largest absolute Gasteiger partial charge is 0.313 e. The monoisotopic (exact) mass is 219 g/mol. The number of hydroxylamine groups is 2. The second-order valence-corrected chi connectivity index (χ2v) is 4.20. The molecule has 0 saturated carbocycles. The Morgan fingerprint density at radius 1 is 1.25 bits per heavy atom. The number of benzene rings is 1. The third-order valence-corrected chi connectivity index (χ3v) is 2.63. The molecule has 1 unspecified atom stereocenters. The lowest BCUT2D eigenvalue weighted by atomic mass is 10.0. The summed E-state index contributed by atoms with van der Waals surface area (Å²) in [5, 5.41) is 11.5. The average Bonchev–Trinajstić information content (AvgIpc) is 2.30. The predicted octanol–water partition coefficient (Wildman–Crippen LogP) is 3.79. The van der Waals surface area contributed by atoms with Gasteiger partial charge in [0, 0.05) is 6.04 Å². The van der Waals surface area contributed by atoms with E-state index >= 15 is 0 Å². The molecule has 0 bridgehead atoms. The van der Waals surface area contributed by atoms with Crippen molar-refractivity contribution in [2.75, 3.05) is 0 Å². The summed E-state index contributed by atoms with van der Waals surface area (Å²) in [7, 11) is 0. The summed E-state index contributed by atoms with van der Waals surface area (Å²) in [4.78, 5) is 0. The van der Waals surface area contributed by atoms with Crippen molar-refractivity contribution in [1.82, 2.24) is 5.06 Å². The van der Waals surface area contributed by atoms with Crippen molar-refractivity contribution in [3.05, 3.63) is 48.0 Å². The van der Waals surface area contributed by atoms with Crippen LogP contribution in [-0.4, -0.2) is 16.3 Å². The third-order valence-electron chi connectivity index (χ3n) is 2.63. The van der Waals surface area contributed by atoms with Crippen molar-refractivity contribution >= 4 is 0 Å². The van der Waals surface area contributed by atoms with Gasteiger partial charge in [0.2, 0.25) is 0 Å². The second kappa shape index (κ2) is 6.46. The summed E-state index contributed by atoms with van der Waals surface area (Å²) in [5.41, 5.74) is 1.15. The Kier molecular flexibility index (Phi) is 5.23. The molecular weight excluding hydrogens is 198 g/mol. The molecule has 0 heterocycles. The van der Waals surface area contributed by atoms with E-state index < -0.39 is 0 Å². The van der Waals surface area contributed by atoms with Gasteiger partial charge in [-0.3, -0.25) is 0 Å². The van der Waals surface area contributed by atoms with Crippen molar-refractivity contribution in [2.24, 2.45) is 0 Å². The first kappa shape index (κ1) is 12.9. The van der Waals surface area contributed by atoms with Gasteiger partial charge < -0.3 is 5.21 Å². The average molecular weight is 219 g/mol. The normalized spacial score (nSPS) is 13.9. The molecule has 0 spiro atoms. The first-order valence-electron chi connectivity index (χ1n) is 5.80. The van der Waals surface area contributed by atoms with Crippen molar-refractivity contribution < 1.29 is 5.21 Å². The van der Waals surface area contributed by atoms with Crippen LogP contribution in [0.4, 0.5) is 0 Å². The molecule has 1 rings (SSSR count). The lowest BCUT2D eigenvalue weighted by Gasteiger charge is -2.28. The minimum Gasteiger partial charge on any atom is -0.313 e. The van der Waals surface area contributed by atoms with Gasteiger partial charge in [0.05, 0.1) is 6.04 Å². The molecule has 2 heteroatoms. The van der Waals surface area contributed by atoms with E-state index in [1.165, 1.54) is 5.06 Å². The molecule has 0 saturated heterocycles. The number of hydrogen-bond donors (Lipinski definition) is 1. The van der Waals surface area contributed by atoms with Crippen molar-refractivity contribution in [3.8, 4) is 0 Å². The molecule has 1 aromatic carbocycles. The summed E-state index contributed by atoms with van der Waals surface area (Å²) in [6.45, 7) is 5.98. The first-order chi connectivity index (χ1) is 7.66. The number of rotatable bonds is 5. The van der Waals surface area contributed by atoms with E-state index in [4.69, 9.17) is 0 Å². The lowest BCUT2D eigenvalue weighted by Crippen LogP contribution is -2.31. The van der Waals surface area contributed by atoms with Crippen LogP contribution in [0.25, 0.3) is 0 Å². The number of nitrogens with zero attached hydrogens (tertiary/aromatic N) is 1. The Bertz CT molecular complexity index is 319. The van der Waals surface area contributed by atoms with Crippen molar-refractivity contribution in [1.29, 1.82) is 0 Å². The molecule has 0 aliphatic heterocycles. The zero-order valence-electron chi connectivity index (χ0n) is 10.3. The van der Waals surface area contributed by atoms with Crippen LogP contribution in [0.2, 0.25) is 0 Å². The Hall–Kier alpha value is -1.12. The molecule has 0 radical (unpaired) electrons. The summed E-state index contributed by atoms with van der Waals surface area (Å²) in [6, 6.07) is 10.3. The molecule has 2 nitrogen and oxygen atoms in total. The van der Waals surface area contributed by atoms with Gasteiger partial charge in [0.25, 0.3) is 0 Å². The second-order valence-electron chi connectivity index (χ2n) is 4.20. The van der Waals surface area contributed by atoms with Crippen LogP contribution in [0.5, 0.6) is 0 Å². The summed E-state index contributed by atoms with van der Waals surface area (Å²) in [5.74, 6) is 0. The van der Waals surface area contributed by atoms with Crippen LogP contribution < -0.4 is 0 Å².